The van der Waals surface area contributed by atoms with Gasteiger partial charge in [-0.25, -0.2) is 8.42 Å². The Morgan fingerprint density at radius 3 is 2.59 bits per heavy atom. The number of benzene rings is 2. The second-order valence-corrected chi connectivity index (χ2v) is 10.6. The van der Waals surface area contributed by atoms with Crippen LogP contribution in [0.25, 0.3) is 10.9 Å². The van der Waals surface area contributed by atoms with Gasteiger partial charge in [-0.05, 0) is 47.6 Å². The molecule has 1 aromatic heterocycles. The standard InChI is InChI=1S/C23H25NO4S/c1-23(16-6-7-16,17-8-9-20-21(12-17)28-11-10-27-20)19-13-24-22-15(14-29(2,25)26)4-3-5-18(19)22/h3-5,8-9,12-13,16,24H,6-7,10-11,14H2,1-2H3. The molecule has 3 aromatic rings. The number of nitrogens with one attached hydrogen (secondary N) is 1. The molecule has 2 aromatic carbocycles. The Morgan fingerprint density at radius 1 is 1.10 bits per heavy atom. The fourth-order valence-corrected chi connectivity index (χ4v) is 5.49. The highest BCUT2D eigenvalue weighted by Gasteiger charge is 2.45. The van der Waals surface area contributed by atoms with Crippen molar-refractivity contribution in [1.82, 2.24) is 4.98 Å². The molecule has 0 saturated heterocycles. The maximum absolute atomic E-state index is 11.9. The van der Waals surface area contributed by atoms with Gasteiger partial charge in [-0.2, -0.15) is 0 Å². The smallest absolute Gasteiger partial charge is 0.161 e. The summed E-state index contributed by atoms with van der Waals surface area (Å²) in [6, 6.07) is 12.2. The SMILES string of the molecule is CC(c1ccc2c(c1)OCCO2)(c1c[nH]c2c(CS(C)(=O)=O)cccc12)C1CC1. The van der Waals surface area contributed by atoms with Crippen molar-refractivity contribution in [2.24, 2.45) is 5.92 Å². The number of fused-ring (bicyclic) bond motifs is 2. The predicted octanol–water partition coefficient (Wildman–Crippen LogP) is 4.20. The van der Waals surface area contributed by atoms with Crippen LogP contribution >= 0.6 is 0 Å². The lowest BCUT2D eigenvalue weighted by atomic mass is 9.72. The molecule has 1 saturated carbocycles. The molecule has 0 amide bonds. The lowest BCUT2D eigenvalue weighted by Crippen LogP contribution is -2.26. The van der Waals surface area contributed by atoms with Crippen LogP contribution in [-0.4, -0.2) is 32.9 Å². The van der Waals surface area contributed by atoms with E-state index in [4.69, 9.17) is 9.47 Å². The average molecular weight is 412 g/mol. The fraction of sp³-hybridized carbons (Fsp3) is 0.391. The normalized spacial score (nSPS) is 18.6. The van der Waals surface area contributed by atoms with Gasteiger partial charge in [0.15, 0.2) is 21.3 Å². The molecule has 1 fully saturated rings. The van der Waals surface area contributed by atoms with Crippen molar-refractivity contribution in [3.05, 3.63) is 59.3 Å². The zero-order valence-electron chi connectivity index (χ0n) is 16.7. The Bertz CT molecular complexity index is 1190. The van der Waals surface area contributed by atoms with E-state index in [0.29, 0.717) is 19.1 Å². The highest BCUT2D eigenvalue weighted by Crippen LogP contribution is 2.54. The zero-order valence-corrected chi connectivity index (χ0v) is 17.5. The molecule has 1 atom stereocenters. The van der Waals surface area contributed by atoms with Gasteiger partial charge in [0.2, 0.25) is 0 Å². The van der Waals surface area contributed by atoms with Crippen LogP contribution in [0, 0.1) is 5.92 Å². The number of hydrogen-bond donors (Lipinski definition) is 1. The van der Waals surface area contributed by atoms with E-state index in [1.54, 1.807) is 0 Å². The Morgan fingerprint density at radius 2 is 1.86 bits per heavy atom. The second-order valence-electron chi connectivity index (χ2n) is 8.45. The molecular formula is C23H25NO4S. The Kier molecular flexibility index (Phi) is 4.17. The summed E-state index contributed by atoms with van der Waals surface area (Å²) in [5.41, 5.74) is 3.97. The molecule has 0 radical (unpaired) electrons. The lowest BCUT2D eigenvalue weighted by molar-refractivity contribution is 0.171. The number of sulfone groups is 1. The van der Waals surface area contributed by atoms with Crippen LogP contribution < -0.4 is 9.47 Å². The maximum atomic E-state index is 11.9. The topological polar surface area (TPSA) is 68.4 Å². The number of ether oxygens (including phenoxy) is 2. The predicted molar refractivity (Wildman–Crippen MR) is 113 cm³/mol. The van der Waals surface area contributed by atoms with Crippen LogP contribution in [0.5, 0.6) is 11.5 Å². The molecule has 5 nitrogen and oxygen atoms in total. The van der Waals surface area contributed by atoms with E-state index in [1.165, 1.54) is 30.2 Å². The van der Waals surface area contributed by atoms with Gasteiger partial charge in [0.1, 0.15) is 13.2 Å². The third kappa shape index (κ3) is 3.19. The molecule has 2 heterocycles. The Balaban J connectivity index is 1.66. The van der Waals surface area contributed by atoms with E-state index in [1.807, 2.05) is 18.2 Å². The van der Waals surface area contributed by atoms with Gasteiger partial charge in [-0.1, -0.05) is 31.2 Å². The molecule has 6 heteroatoms. The van der Waals surface area contributed by atoms with Crippen molar-refractivity contribution in [2.75, 3.05) is 19.5 Å². The molecule has 2 aliphatic rings. The Labute approximate surface area is 171 Å². The monoisotopic (exact) mass is 411 g/mol. The highest BCUT2D eigenvalue weighted by atomic mass is 32.2. The summed E-state index contributed by atoms with van der Waals surface area (Å²) in [5, 5.41) is 1.09. The van der Waals surface area contributed by atoms with Gasteiger partial charge in [0.05, 0.1) is 5.75 Å². The van der Waals surface area contributed by atoms with Crippen molar-refractivity contribution >= 4 is 20.7 Å². The summed E-state index contributed by atoms with van der Waals surface area (Å²) in [6.45, 7) is 3.44. The van der Waals surface area contributed by atoms with Crippen molar-refractivity contribution < 1.29 is 17.9 Å². The summed E-state index contributed by atoms with van der Waals surface area (Å²) in [4.78, 5) is 3.38. The van der Waals surface area contributed by atoms with Gasteiger partial charge in [-0.3, -0.25) is 0 Å². The minimum Gasteiger partial charge on any atom is -0.486 e. The molecule has 0 spiro atoms. The van der Waals surface area contributed by atoms with Crippen molar-refractivity contribution in [3.63, 3.8) is 0 Å². The summed E-state index contributed by atoms with van der Waals surface area (Å²) in [7, 11) is -3.11. The third-order valence-corrected chi connectivity index (χ3v) is 7.15. The lowest BCUT2D eigenvalue weighted by Gasteiger charge is -2.32. The minimum atomic E-state index is -3.11. The first-order chi connectivity index (χ1) is 13.9. The van der Waals surface area contributed by atoms with E-state index < -0.39 is 9.84 Å². The van der Waals surface area contributed by atoms with Crippen LogP contribution in [0.4, 0.5) is 0 Å². The molecule has 1 N–H and O–H groups in total. The molecule has 29 heavy (non-hydrogen) atoms. The van der Waals surface area contributed by atoms with Crippen molar-refractivity contribution in [3.8, 4) is 11.5 Å². The molecule has 1 aliphatic heterocycles. The van der Waals surface area contributed by atoms with E-state index in [2.05, 4.69) is 36.3 Å². The van der Waals surface area contributed by atoms with Gasteiger partial charge < -0.3 is 14.5 Å². The molecule has 1 unspecified atom stereocenters. The number of aromatic amines is 1. The number of H-pyrrole nitrogens is 1. The van der Waals surface area contributed by atoms with Gasteiger partial charge in [0.25, 0.3) is 0 Å². The van der Waals surface area contributed by atoms with E-state index in [9.17, 15) is 8.42 Å². The third-order valence-electron chi connectivity index (χ3n) is 6.31. The van der Waals surface area contributed by atoms with E-state index in [0.717, 1.165) is 28.0 Å². The van der Waals surface area contributed by atoms with Crippen LogP contribution in [0.2, 0.25) is 0 Å². The first-order valence-electron chi connectivity index (χ1n) is 10.0. The zero-order chi connectivity index (χ0) is 20.2. The van der Waals surface area contributed by atoms with Crippen LogP contribution in [0.3, 0.4) is 0 Å². The van der Waals surface area contributed by atoms with Gasteiger partial charge >= 0.3 is 0 Å². The number of para-hydroxylation sites is 1. The first-order valence-corrected chi connectivity index (χ1v) is 12.1. The molecule has 152 valence electrons. The quantitative estimate of drug-likeness (QED) is 0.683. The Hall–Kier alpha value is -2.47. The van der Waals surface area contributed by atoms with Gasteiger partial charge in [0, 0.05) is 28.8 Å². The van der Waals surface area contributed by atoms with Crippen LogP contribution in [-0.2, 0) is 21.0 Å². The highest BCUT2D eigenvalue weighted by molar-refractivity contribution is 7.89. The fourth-order valence-electron chi connectivity index (χ4n) is 4.69. The molecule has 1 aliphatic carbocycles. The van der Waals surface area contributed by atoms with Crippen molar-refractivity contribution in [2.45, 2.75) is 30.9 Å². The molecular weight excluding hydrogens is 386 g/mol. The van der Waals surface area contributed by atoms with Gasteiger partial charge in [-0.15, -0.1) is 0 Å². The van der Waals surface area contributed by atoms with Crippen LogP contribution in [0.1, 0.15) is 36.5 Å². The minimum absolute atomic E-state index is 0.0362. The second kappa shape index (κ2) is 6.52. The first kappa shape index (κ1) is 18.6. The molecule has 0 bridgehead atoms. The summed E-state index contributed by atoms with van der Waals surface area (Å²) >= 11 is 0. The summed E-state index contributed by atoms with van der Waals surface area (Å²) in [5.74, 6) is 2.18. The number of rotatable bonds is 5. The van der Waals surface area contributed by atoms with Crippen LogP contribution in [0.15, 0.2) is 42.6 Å². The average Bonchev–Trinajstić information content (AvgIpc) is 3.45. The van der Waals surface area contributed by atoms with E-state index in [-0.39, 0.29) is 11.2 Å². The number of aromatic nitrogens is 1. The summed E-state index contributed by atoms with van der Waals surface area (Å²) in [6.07, 6.45) is 5.70. The molecule has 5 rings (SSSR count). The van der Waals surface area contributed by atoms with E-state index >= 15 is 0 Å². The maximum Gasteiger partial charge on any atom is 0.161 e. The summed E-state index contributed by atoms with van der Waals surface area (Å²) < 4.78 is 35.3. The largest absolute Gasteiger partial charge is 0.486 e. The van der Waals surface area contributed by atoms with Crippen molar-refractivity contribution in [1.29, 1.82) is 0 Å². The number of hydrogen-bond acceptors (Lipinski definition) is 4.